The molecule has 0 aromatic carbocycles. The molecule has 1 heterocycles. The quantitative estimate of drug-likeness (QED) is 0.535. The zero-order valence-electron chi connectivity index (χ0n) is 6.54. The summed E-state index contributed by atoms with van der Waals surface area (Å²) in [7, 11) is 5.57. The van der Waals surface area contributed by atoms with Crippen LogP contribution in [0.4, 0.5) is 0 Å². The summed E-state index contributed by atoms with van der Waals surface area (Å²) in [5.41, 5.74) is 1.72. The van der Waals surface area contributed by atoms with E-state index in [1.54, 1.807) is 0 Å². The van der Waals surface area contributed by atoms with E-state index in [1.165, 1.54) is 12.8 Å². The van der Waals surface area contributed by atoms with Gasteiger partial charge >= 0.3 is 0 Å². The largest absolute Gasteiger partial charge is 0.250 e. The summed E-state index contributed by atoms with van der Waals surface area (Å²) in [6, 6.07) is 1.88. The van der Waals surface area contributed by atoms with Crippen molar-refractivity contribution in [2.45, 2.75) is 25.7 Å². The molecule has 54 valence electrons. The highest BCUT2D eigenvalue weighted by molar-refractivity contribution is 6.30. The summed E-state index contributed by atoms with van der Waals surface area (Å²) < 4.78 is 0. The molecule has 0 aliphatic heterocycles. The molecule has 0 unspecified atom stereocenters. The minimum Gasteiger partial charge on any atom is -0.250 e. The average Bonchev–Trinajstić information content (AvgIpc) is 2.64. The molecule has 1 saturated carbocycles. The second-order valence-corrected chi connectivity index (χ2v) is 3.04. The van der Waals surface area contributed by atoms with Crippen LogP contribution in [0.15, 0.2) is 6.07 Å². The van der Waals surface area contributed by atoms with E-state index in [1.807, 2.05) is 13.0 Å². The maximum atomic E-state index is 5.57. The molecule has 1 aromatic rings. The molecule has 0 saturated heterocycles. The van der Waals surface area contributed by atoms with Crippen molar-refractivity contribution in [2.24, 2.45) is 0 Å². The van der Waals surface area contributed by atoms with Gasteiger partial charge in [-0.2, -0.15) is 0 Å². The lowest BCUT2D eigenvalue weighted by atomic mass is 10.0. The zero-order valence-corrected chi connectivity index (χ0v) is 6.54. The fraction of sp³-hybridized carbons (Fsp3) is 0.500. The Bertz CT molecular complexity index is 261. The Balaban J connectivity index is 2.39. The van der Waals surface area contributed by atoms with E-state index in [0.717, 1.165) is 11.5 Å². The van der Waals surface area contributed by atoms with Crippen LogP contribution in [0.25, 0.3) is 0 Å². The van der Waals surface area contributed by atoms with Gasteiger partial charge in [-0.3, -0.25) is 0 Å². The van der Waals surface area contributed by atoms with E-state index in [2.05, 4.69) is 9.97 Å². The normalized spacial score (nSPS) is 16.8. The summed E-state index contributed by atoms with van der Waals surface area (Å²) in [5.74, 6) is 1.45. The summed E-state index contributed by atoms with van der Waals surface area (Å²) >= 11 is 0. The highest BCUT2D eigenvalue weighted by atomic mass is 14.9. The van der Waals surface area contributed by atoms with Crippen molar-refractivity contribution in [1.82, 2.24) is 9.97 Å². The van der Waals surface area contributed by atoms with E-state index in [4.69, 9.17) is 7.85 Å². The first-order chi connectivity index (χ1) is 5.25. The Hall–Kier alpha value is -0.855. The van der Waals surface area contributed by atoms with E-state index in [9.17, 15) is 0 Å². The van der Waals surface area contributed by atoms with Crippen LogP contribution in [0.5, 0.6) is 0 Å². The van der Waals surface area contributed by atoms with Gasteiger partial charge in [0.25, 0.3) is 0 Å². The van der Waals surface area contributed by atoms with Crippen LogP contribution in [0.2, 0.25) is 0 Å². The Kier molecular flexibility index (Phi) is 1.45. The number of hydrogen-bond donors (Lipinski definition) is 0. The summed E-state index contributed by atoms with van der Waals surface area (Å²) in [6.45, 7) is 1.88. The van der Waals surface area contributed by atoms with Gasteiger partial charge in [0, 0.05) is 11.6 Å². The minimum absolute atomic E-state index is 0.597. The maximum Gasteiger partial charge on any atom is 0.141 e. The fourth-order valence-corrected chi connectivity index (χ4v) is 1.20. The van der Waals surface area contributed by atoms with Crippen molar-refractivity contribution in [2.75, 3.05) is 0 Å². The molecule has 2 rings (SSSR count). The molecule has 0 spiro atoms. The van der Waals surface area contributed by atoms with Crippen molar-refractivity contribution in [3.63, 3.8) is 0 Å². The van der Waals surface area contributed by atoms with Crippen LogP contribution in [0.1, 0.15) is 30.3 Å². The van der Waals surface area contributed by atoms with E-state index in [0.29, 0.717) is 11.5 Å². The molecule has 1 aromatic heterocycles. The molecular weight excluding hydrogens is 135 g/mol. The van der Waals surface area contributed by atoms with Crippen LogP contribution in [0, 0.1) is 6.92 Å². The number of aryl methyl sites for hydroxylation is 1. The molecule has 1 fully saturated rings. The lowest BCUT2D eigenvalue weighted by Crippen LogP contribution is -2.12. The second kappa shape index (κ2) is 2.33. The van der Waals surface area contributed by atoms with Gasteiger partial charge in [0.05, 0.1) is 0 Å². The number of hydrogen-bond acceptors (Lipinski definition) is 2. The van der Waals surface area contributed by atoms with Crippen LogP contribution < -0.4 is 5.59 Å². The van der Waals surface area contributed by atoms with Crippen LogP contribution in [0.3, 0.4) is 0 Å². The Morgan fingerprint density at radius 2 is 2.18 bits per heavy atom. The molecule has 3 heteroatoms. The number of nitrogens with zero attached hydrogens (tertiary/aromatic N) is 2. The van der Waals surface area contributed by atoms with Gasteiger partial charge in [0.15, 0.2) is 0 Å². The van der Waals surface area contributed by atoms with E-state index in [-0.39, 0.29) is 0 Å². The van der Waals surface area contributed by atoms with Crippen molar-refractivity contribution >= 4 is 13.4 Å². The SMILES string of the molecule is [B]c1cc(C2CC2)nc(C)n1. The van der Waals surface area contributed by atoms with E-state index >= 15 is 0 Å². The first-order valence-electron chi connectivity index (χ1n) is 3.87. The van der Waals surface area contributed by atoms with Crippen molar-refractivity contribution in [1.29, 1.82) is 0 Å². The third-order valence-electron chi connectivity index (χ3n) is 1.87. The Morgan fingerprint density at radius 3 is 2.73 bits per heavy atom. The predicted molar refractivity (Wildman–Crippen MR) is 44.1 cm³/mol. The molecule has 2 radical (unpaired) electrons. The van der Waals surface area contributed by atoms with Gasteiger partial charge in [-0.15, -0.1) is 0 Å². The molecule has 1 aliphatic carbocycles. The molecule has 2 nitrogen and oxygen atoms in total. The number of aromatic nitrogens is 2. The first kappa shape index (κ1) is 6.83. The molecule has 0 amide bonds. The fourth-order valence-electron chi connectivity index (χ4n) is 1.20. The lowest BCUT2D eigenvalue weighted by Gasteiger charge is -2.00. The average molecular weight is 144 g/mol. The molecule has 1 aliphatic rings. The maximum absolute atomic E-state index is 5.57. The van der Waals surface area contributed by atoms with Gasteiger partial charge in [-0.25, -0.2) is 9.97 Å². The van der Waals surface area contributed by atoms with Gasteiger partial charge < -0.3 is 0 Å². The van der Waals surface area contributed by atoms with Crippen molar-refractivity contribution in [3.05, 3.63) is 17.6 Å². The monoisotopic (exact) mass is 144 g/mol. The predicted octanol–water partition coefficient (Wildman–Crippen LogP) is 0.456. The van der Waals surface area contributed by atoms with Crippen LogP contribution in [-0.2, 0) is 0 Å². The molecule has 0 atom stereocenters. The highest BCUT2D eigenvalue weighted by Gasteiger charge is 2.25. The molecule has 11 heavy (non-hydrogen) atoms. The van der Waals surface area contributed by atoms with Gasteiger partial charge in [0.1, 0.15) is 13.7 Å². The van der Waals surface area contributed by atoms with Crippen LogP contribution in [-0.4, -0.2) is 17.8 Å². The Morgan fingerprint density at radius 1 is 1.45 bits per heavy atom. The standard InChI is InChI=1S/C8H9BN2/c1-5-10-7(6-2-3-6)4-8(9)11-5/h4,6H,2-3H2,1H3. The number of rotatable bonds is 1. The summed E-state index contributed by atoms with van der Waals surface area (Å²) in [4.78, 5) is 8.32. The Labute approximate surface area is 67.5 Å². The van der Waals surface area contributed by atoms with Gasteiger partial charge in [-0.05, 0) is 31.4 Å². The smallest absolute Gasteiger partial charge is 0.141 e. The van der Waals surface area contributed by atoms with Gasteiger partial charge in [0.2, 0.25) is 0 Å². The minimum atomic E-state index is 0.597. The molecular formula is C8H9BN2. The topological polar surface area (TPSA) is 25.8 Å². The third-order valence-corrected chi connectivity index (χ3v) is 1.87. The lowest BCUT2D eigenvalue weighted by molar-refractivity contribution is 0.953. The highest BCUT2D eigenvalue weighted by Crippen LogP contribution is 2.38. The third kappa shape index (κ3) is 1.42. The van der Waals surface area contributed by atoms with Crippen LogP contribution >= 0.6 is 0 Å². The van der Waals surface area contributed by atoms with E-state index < -0.39 is 0 Å². The molecule has 0 bridgehead atoms. The van der Waals surface area contributed by atoms with Gasteiger partial charge in [-0.1, -0.05) is 0 Å². The zero-order chi connectivity index (χ0) is 7.84. The van der Waals surface area contributed by atoms with Crippen molar-refractivity contribution < 1.29 is 0 Å². The summed E-state index contributed by atoms with van der Waals surface area (Å²) in [6.07, 6.45) is 2.52. The molecule has 0 N–H and O–H groups in total. The first-order valence-corrected chi connectivity index (χ1v) is 3.87. The summed E-state index contributed by atoms with van der Waals surface area (Å²) in [5, 5.41) is 0. The second-order valence-electron chi connectivity index (χ2n) is 3.04. The van der Waals surface area contributed by atoms with Crippen molar-refractivity contribution in [3.8, 4) is 0 Å².